The third kappa shape index (κ3) is 5.04. The highest BCUT2D eigenvalue weighted by atomic mass is 32.1. The van der Waals surface area contributed by atoms with Crippen LogP contribution in [0.1, 0.15) is 42.4 Å². The van der Waals surface area contributed by atoms with Crippen LogP contribution in [-0.4, -0.2) is 49.6 Å². The van der Waals surface area contributed by atoms with E-state index in [1.54, 1.807) is 29.4 Å². The number of thiophene rings is 1. The minimum Gasteiger partial charge on any atom is -0.336 e. The van der Waals surface area contributed by atoms with E-state index in [1.807, 2.05) is 48.7 Å². The molecule has 188 valence electrons. The van der Waals surface area contributed by atoms with Crippen LogP contribution < -0.4 is 5.32 Å². The molecule has 10 heteroatoms. The molecule has 1 aliphatic heterocycles. The maximum atomic E-state index is 13.2. The molecule has 1 atom stereocenters. The molecular weight excluding hydrogens is 486 g/mol. The smallest absolute Gasteiger partial charge is 0.268 e. The van der Waals surface area contributed by atoms with Gasteiger partial charge in [0, 0.05) is 29.7 Å². The Balaban J connectivity index is 1.43. The third-order valence-corrected chi connectivity index (χ3v) is 7.47. The van der Waals surface area contributed by atoms with Crippen LogP contribution in [0.4, 0.5) is 5.95 Å². The Labute approximate surface area is 218 Å². The number of nitrogens with one attached hydrogen (secondary N) is 2. The van der Waals surface area contributed by atoms with Crippen LogP contribution in [-0.2, 0) is 4.79 Å². The van der Waals surface area contributed by atoms with Crippen molar-refractivity contribution in [2.75, 3.05) is 18.4 Å². The number of imidazole rings is 1. The van der Waals surface area contributed by atoms with Gasteiger partial charge in [-0.3, -0.25) is 20.0 Å². The Kier molecular flexibility index (Phi) is 6.88. The van der Waals surface area contributed by atoms with Crippen molar-refractivity contribution in [1.82, 2.24) is 24.6 Å². The lowest BCUT2D eigenvalue weighted by molar-refractivity contribution is -0.128. The van der Waals surface area contributed by atoms with Crippen molar-refractivity contribution in [2.45, 2.75) is 32.7 Å². The fraction of sp³-hybridized carbons (Fsp3) is 0.296. The van der Waals surface area contributed by atoms with Crippen LogP contribution in [0, 0.1) is 17.2 Å². The first-order chi connectivity index (χ1) is 17.9. The predicted octanol–water partition coefficient (Wildman–Crippen LogP) is 5.01. The van der Waals surface area contributed by atoms with Gasteiger partial charge in [0.2, 0.25) is 5.95 Å². The quantitative estimate of drug-likeness (QED) is 0.277. The highest BCUT2D eigenvalue weighted by molar-refractivity contribution is 7.17. The fourth-order valence-corrected chi connectivity index (χ4v) is 5.56. The molecule has 37 heavy (non-hydrogen) atoms. The number of H-pyrrole nitrogens is 1. The standard InChI is InChI=1S/C27H27N7O2S/c1-17(2)12-18(13-28)26(36)33-11-5-6-20(16-33)34-22-8-4-3-7-21(22)31-27(34)32-25(35)24-10-9-23(37-24)19-14-29-30-15-19/h3-4,7-10,12,14-15,17,20H,5-6,11,16H2,1-2H3,(H,29,30)(H,31,32,35). The van der Waals surface area contributed by atoms with Gasteiger partial charge in [-0.1, -0.05) is 32.1 Å². The third-order valence-electron chi connectivity index (χ3n) is 6.33. The van der Waals surface area contributed by atoms with Gasteiger partial charge in [0.1, 0.15) is 11.6 Å². The topological polar surface area (TPSA) is 120 Å². The van der Waals surface area contributed by atoms with Crippen LogP contribution >= 0.6 is 11.3 Å². The lowest BCUT2D eigenvalue weighted by Gasteiger charge is -2.34. The zero-order chi connectivity index (χ0) is 25.9. The summed E-state index contributed by atoms with van der Waals surface area (Å²) in [6, 6.07) is 13.4. The summed E-state index contributed by atoms with van der Waals surface area (Å²) in [5, 5.41) is 19.3. The number of para-hydroxylation sites is 2. The molecule has 4 heterocycles. The predicted molar refractivity (Wildman–Crippen MR) is 143 cm³/mol. The summed E-state index contributed by atoms with van der Waals surface area (Å²) in [6.07, 6.45) is 6.83. The van der Waals surface area contributed by atoms with E-state index in [1.165, 1.54) is 11.3 Å². The second kappa shape index (κ2) is 10.4. The van der Waals surface area contributed by atoms with E-state index in [4.69, 9.17) is 4.98 Å². The first-order valence-electron chi connectivity index (χ1n) is 12.2. The Morgan fingerprint density at radius 3 is 2.86 bits per heavy atom. The Morgan fingerprint density at radius 2 is 2.11 bits per heavy atom. The molecule has 5 rings (SSSR count). The SMILES string of the molecule is CC(C)C=C(C#N)C(=O)N1CCCC(n2c(NC(=O)c3ccc(-c4cn[nH]c4)s3)nc3ccccc32)C1. The van der Waals surface area contributed by atoms with E-state index < -0.39 is 0 Å². The maximum Gasteiger partial charge on any atom is 0.268 e. The number of aromatic nitrogens is 4. The second-order valence-corrected chi connectivity index (χ2v) is 10.5. The number of nitrogens with zero attached hydrogens (tertiary/aromatic N) is 5. The van der Waals surface area contributed by atoms with Gasteiger partial charge in [-0.15, -0.1) is 11.3 Å². The van der Waals surface area contributed by atoms with Crippen molar-refractivity contribution in [3.63, 3.8) is 0 Å². The number of likely N-dealkylation sites (tertiary alicyclic amines) is 1. The fourth-order valence-electron chi connectivity index (χ4n) is 4.68. The van der Waals surface area contributed by atoms with Crippen molar-refractivity contribution in [3.05, 3.63) is 65.3 Å². The number of nitriles is 1. The molecule has 3 aromatic heterocycles. The summed E-state index contributed by atoms with van der Waals surface area (Å²) >= 11 is 1.38. The molecule has 0 saturated carbocycles. The van der Waals surface area contributed by atoms with Gasteiger partial charge in [0.25, 0.3) is 11.8 Å². The molecule has 0 aliphatic carbocycles. The normalized spacial score (nSPS) is 16.2. The van der Waals surface area contributed by atoms with Gasteiger partial charge in [0.15, 0.2) is 0 Å². The number of hydrogen-bond acceptors (Lipinski definition) is 6. The second-order valence-electron chi connectivity index (χ2n) is 9.38. The highest BCUT2D eigenvalue weighted by Gasteiger charge is 2.30. The zero-order valence-corrected chi connectivity index (χ0v) is 21.5. The van der Waals surface area contributed by atoms with Crippen LogP contribution in [0.25, 0.3) is 21.5 Å². The van der Waals surface area contributed by atoms with E-state index in [9.17, 15) is 14.9 Å². The van der Waals surface area contributed by atoms with E-state index >= 15 is 0 Å². The molecule has 1 saturated heterocycles. The largest absolute Gasteiger partial charge is 0.336 e. The summed E-state index contributed by atoms with van der Waals surface area (Å²) in [5.74, 6) is 0.0554. The molecule has 0 spiro atoms. The molecule has 1 fully saturated rings. The molecule has 2 amide bonds. The van der Waals surface area contributed by atoms with Crippen LogP contribution in [0.3, 0.4) is 0 Å². The first kappa shape index (κ1) is 24.5. The first-order valence-corrected chi connectivity index (χ1v) is 13.0. The van der Waals surface area contributed by atoms with Gasteiger partial charge in [-0.05, 0) is 43.0 Å². The number of rotatable bonds is 6. The Morgan fingerprint density at radius 1 is 1.27 bits per heavy atom. The van der Waals surface area contributed by atoms with Gasteiger partial charge >= 0.3 is 0 Å². The Hall–Kier alpha value is -4.23. The average molecular weight is 514 g/mol. The lowest BCUT2D eigenvalue weighted by Crippen LogP contribution is -2.41. The minimum atomic E-state index is -0.249. The number of carbonyl (C=O) groups is 2. The van der Waals surface area contributed by atoms with E-state index in [-0.39, 0.29) is 29.3 Å². The Bertz CT molecular complexity index is 1510. The molecule has 1 unspecified atom stereocenters. The molecule has 9 nitrogen and oxygen atoms in total. The van der Waals surface area contributed by atoms with Gasteiger partial charge in [-0.25, -0.2) is 4.98 Å². The number of anilines is 1. The van der Waals surface area contributed by atoms with Crippen LogP contribution in [0.5, 0.6) is 0 Å². The number of hydrogen-bond donors (Lipinski definition) is 2. The lowest BCUT2D eigenvalue weighted by atomic mass is 10.0. The van der Waals surface area contributed by atoms with Crippen molar-refractivity contribution >= 4 is 40.1 Å². The molecule has 2 N–H and O–H groups in total. The molecule has 4 aromatic rings. The van der Waals surface area contributed by atoms with Gasteiger partial charge in [-0.2, -0.15) is 10.4 Å². The summed E-state index contributed by atoms with van der Waals surface area (Å²) in [4.78, 5) is 34.3. The summed E-state index contributed by atoms with van der Waals surface area (Å²) in [7, 11) is 0. The number of aromatic amines is 1. The summed E-state index contributed by atoms with van der Waals surface area (Å²) in [5.41, 5.74) is 2.75. The summed E-state index contributed by atoms with van der Waals surface area (Å²) < 4.78 is 2.02. The molecule has 1 aliphatic rings. The molecule has 1 aromatic carbocycles. The number of piperidine rings is 1. The zero-order valence-electron chi connectivity index (χ0n) is 20.6. The van der Waals surface area contributed by atoms with Gasteiger partial charge in [0.05, 0.1) is 28.1 Å². The molecule has 0 bridgehead atoms. The highest BCUT2D eigenvalue weighted by Crippen LogP contribution is 2.32. The minimum absolute atomic E-state index is 0.0933. The monoisotopic (exact) mass is 513 g/mol. The number of allylic oxidation sites excluding steroid dienone is 1. The van der Waals surface area contributed by atoms with E-state index in [0.29, 0.717) is 23.9 Å². The summed E-state index contributed by atoms with van der Waals surface area (Å²) in [6.45, 7) is 4.92. The number of benzene rings is 1. The average Bonchev–Trinajstić information content (AvgIpc) is 3.66. The van der Waals surface area contributed by atoms with Crippen LogP contribution in [0.15, 0.2) is 60.4 Å². The van der Waals surface area contributed by atoms with Gasteiger partial charge < -0.3 is 9.47 Å². The van der Waals surface area contributed by atoms with E-state index in [0.717, 1.165) is 34.3 Å². The number of fused-ring (bicyclic) bond motifs is 1. The molecular formula is C27H27N7O2S. The van der Waals surface area contributed by atoms with Crippen molar-refractivity contribution in [3.8, 4) is 16.5 Å². The maximum absolute atomic E-state index is 13.2. The number of amides is 2. The van der Waals surface area contributed by atoms with Crippen LogP contribution in [0.2, 0.25) is 0 Å². The van der Waals surface area contributed by atoms with Crippen molar-refractivity contribution in [1.29, 1.82) is 5.26 Å². The van der Waals surface area contributed by atoms with E-state index in [2.05, 4.69) is 21.6 Å². The number of carbonyl (C=O) groups excluding carboxylic acids is 2. The van der Waals surface area contributed by atoms with Crippen molar-refractivity contribution in [2.24, 2.45) is 5.92 Å². The molecule has 0 radical (unpaired) electrons. The van der Waals surface area contributed by atoms with Crippen molar-refractivity contribution < 1.29 is 9.59 Å².